The summed E-state index contributed by atoms with van der Waals surface area (Å²) in [6.07, 6.45) is 2.79. The molecule has 1 aromatic carbocycles. The van der Waals surface area contributed by atoms with Crippen molar-refractivity contribution in [2.45, 2.75) is 72.3 Å². The highest BCUT2D eigenvalue weighted by molar-refractivity contribution is 6.02. The number of benzene rings is 1. The van der Waals surface area contributed by atoms with Crippen molar-refractivity contribution in [3.63, 3.8) is 0 Å². The molecule has 0 fully saturated rings. The van der Waals surface area contributed by atoms with Crippen molar-refractivity contribution in [3.8, 4) is 11.1 Å². The molecule has 2 aromatic rings. The van der Waals surface area contributed by atoms with E-state index in [0.717, 1.165) is 41.9 Å². The Labute approximate surface area is 174 Å². The molecule has 1 amide bonds. The lowest BCUT2D eigenvalue weighted by Gasteiger charge is -2.19. The lowest BCUT2D eigenvalue weighted by atomic mass is 9.86. The number of nitrogens with two attached hydrogens (primary N) is 1. The first kappa shape index (κ1) is 22.7. The standard InChI is InChI=1S/C24H34N2O3/c1-7-8-15-26-16(2)21(23(25)28)22(19(26)13-14-20(27)29-6)17-9-11-18(12-10-17)24(3,4)5/h9-12H,7-8,13-15H2,1-6H3,(H2,25,28). The number of unbranched alkanes of at least 4 members (excludes halogenated alkanes) is 1. The van der Waals surface area contributed by atoms with Gasteiger partial charge < -0.3 is 15.0 Å². The van der Waals surface area contributed by atoms with E-state index < -0.39 is 5.91 Å². The van der Waals surface area contributed by atoms with Gasteiger partial charge in [0.1, 0.15) is 0 Å². The number of carbonyl (C=O) groups is 2. The minimum Gasteiger partial charge on any atom is -0.469 e. The van der Waals surface area contributed by atoms with Crippen molar-refractivity contribution in [3.05, 3.63) is 46.8 Å². The Morgan fingerprint density at radius 1 is 1.14 bits per heavy atom. The molecule has 0 saturated carbocycles. The molecule has 0 aliphatic heterocycles. The zero-order valence-electron chi connectivity index (χ0n) is 18.6. The lowest BCUT2D eigenvalue weighted by Crippen LogP contribution is -2.13. The van der Waals surface area contributed by atoms with E-state index in [1.807, 2.05) is 19.1 Å². The maximum Gasteiger partial charge on any atom is 0.305 e. The number of hydrogen-bond acceptors (Lipinski definition) is 3. The van der Waals surface area contributed by atoms with Crippen molar-refractivity contribution in [1.29, 1.82) is 0 Å². The molecule has 0 spiro atoms. The largest absolute Gasteiger partial charge is 0.469 e. The minimum atomic E-state index is -0.438. The Hall–Kier alpha value is -2.56. The number of rotatable bonds is 8. The van der Waals surface area contributed by atoms with E-state index >= 15 is 0 Å². The van der Waals surface area contributed by atoms with Gasteiger partial charge in [0.25, 0.3) is 5.91 Å². The number of aromatic nitrogens is 1. The first-order chi connectivity index (χ1) is 13.6. The molecule has 0 aliphatic carbocycles. The second-order valence-corrected chi connectivity index (χ2v) is 8.56. The van der Waals surface area contributed by atoms with Crippen LogP contribution in [0.4, 0.5) is 0 Å². The van der Waals surface area contributed by atoms with Gasteiger partial charge in [0.2, 0.25) is 0 Å². The minimum absolute atomic E-state index is 0.0434. The Morgan fingerprint density at radius 2 is 1.76 bits per heavy atom. The van der Waals surface area contributed by atoms with Crippen LogP contribution in [0.1, 0.15) is 74.3 Å². The van der Waals surface area contributed by atoms with E-state index in [0.29, 0.717) is 12.0 Å². The van der Waals surface area contributed by atoms with E-state index in [-0.39, 0.29) is 17.8 Å². The van der Waals surface area contributed by atoms with Crippen LogP contribution in [0, 0.1) is 6.92 Å². The summed E-state index contributed by atoms with van der Waals surface area (Å²) < 4.78 is 6.99. The highest BCUT2D eigenvalue weighted by Gasteiger charge is 2.25. The van der Waals surface area contributed by atoms with Gasteiger partial charge in [-0.25, -0.2) is 0 Å². The summed E-state index contributed by atoms with van der Waals surface area (Å²) >= 11 is 0. The molecule has 2 rings (SSSR count). The van der Waals surface area contributed by atoms with Gasteiger partial charge in [-0.15, -0.1) is 0 Å². The zero-order chi connectivity index (χ0) is 21.8. The number of carbonyl (C=O) groups excluding carboxylic acids is 2. The number of methoxy groups -OCH3 is 1. The number of hydrogen-bond donors (Lipinski definition) is 1. The molecule has 0 aliphatic rings. The second kappa shape index (κ2) is 9.29. The van der Waals surface area contributed by atoms with Gasteiger partial charge in [-0.3, -0.25) is 9.59 Å². The highest BCUT2D eigenvalue weighted by atomic mass is 16.5. The molecule has 5 heteroatoms. The Balaban J connectivity index is 2.66. The maximum absolute atomic E-state index is 12.4. The molecule has 5 nitrogen and oxygen atoms in total. The predicted molar refractivity (Wildman–Crippen MR) is 117 cm³/mol. The van der Waals surface area contributed by atoms with Crippen LogP contribution in [-0.2, 0) is 27.9 Å². The van der Waals surface area contributed by atoms with Crippen LogP contribution in [0.5, 0.6) is 0 Å². The van der Waals surface area contributed by atoms with Crippen LogP contribution in [0.2, 0.25) is 0 Å². The number of ether oxygens (including phenoxy) is 1. The van der Waals surface area contributed by atoms with Crippen LogP contribution >= 0.6 is 0 Å². The molecule has 0 atom stereocenters. The lowest BCUT2D eigenvalue weighted by molar-refractivity contribution is -0.140. The first-order valence-electron chi connectivity index (χ1n) is 10.3. The van der Waals surface area contributed by atoms with Crippen molar-refractivity contribution in [1.82, 2.24) is 4.57 Å². The monoisotopic (exact) mass is 398 g/mol. The van der Waals surface area contributed by atoms with Crippen LogP contribution in [0.15, 0.2) is 24.3 Å². The molecular formula is C24H34N2O3. The molecule has 2 N–H and O–H groups in total. The van der Waals surface area contributed by atoms with Crippen LogP contribution in [0.3, 0.4) is 0 Å². The summed E-state index contributed by atoms with van der Waals surface area (Å²) in [5, 5.41) is 0. The number of amides is 1. The van der Waals surface area contributed by atoms with Gasteiger partial charge in [0.05, 0.1) is 19.1 Å². The average molecular weight is 399 g/mol. The van der Waals surface area contributed by atoms with E-state index in [4.69, 9.17) is 10.5 Å². The first-order valence-corrected chi connectivity index (χ1v) is 10.3. The number of primary amides is 1. The molecule has 158 valence electrons. The summed E-state index contributed by atoms with van der Waals surface area (Å²) in [5.74, 6) is -0.701. The van der Waals surface area contributed by atoms with Crippen molar-refractivity contribution < 1.29 is 14.3 Å². The van der Waals surface area contributed by atoms with E-state index in [9.17, 15) is 9.59 Å². The molecule has 1 aromatic heterocycles. The maximum atomic E-state index is 12.4. The molecular weight excluding hydrogens is 364 g/mol. The van der Waals surface area contributed by atoms with E-state index in [1.165, 1.54) is 12.7 Å². The van der Waals surface area contributed by atoms with Gasteiger partial charge in [-0.1, -0.05) is 58.4 Å². The van der Waals surface area contributed by atoms with Crippen molar-refractivity contribution in [2.24, 2.45) is 5.73 Å². The quantitative estimate of drug-likeness (QED) is 0.651. The van der Waals surface area contributed by atoms with Crippen molar-refractivity contribution >= 4 is 11.9 Å². The van der Waals surface area contributed by atoms with Gasteiger partial charge >= 0.3 is 5.97 Å². The molecule has 0 unspecified atom stereocenters. The summed E-state index contributed by atoms with van der Waals surface area (Å²) in [7, 11) is 1.39. The zero-order valence-corrected chi connectivity index (χ0v) is 18.6. The predicted octanol–water partition coefficient (Wildman–Crippen LogP) is 4.77. The Bertz CT molecular complexity index is 871. The fourth-order valence-electron chi connectivity index (χ4n) is 3.75. The fourth-order valence-corrected chi connectivity index (χ4v) is 3.75. The topological polar surface area (TPSA) is 74.3 Å². The Morgan fingerprint density at radius 3 is 2.24 bits per heavy atom. The highest BCUT2D eigenvalue weighted by Crippen LogP contribution is 2.35. The third kappa shape index (κ3) is 5.08. The smallest absolute Gasteiger partial charge is 0.305 e. The SMILES string of the molecule is CCCCn1c(C)c(C(N)=O)c(-c2ccc(C(C)(C)C)cc2)c1CCC(=O)OC. The summed E-state index contributed by atoms with van der Waals surface area (Å²) in [5.41, 5.74) is 11.2. The van der Waals surface area contributed by atoms with E-state index in [2.05, 4.69) is 44.4 Å². The fraction of sp³-hybridized carbons (Fsp3) is 0.500. The molecule has 29 heavy (non-hydrogen) atoms. The Kier molecular flexibility index (Phi) is 7.28. The second-order valence-electron chi connectivity index (χ2n) is 8.56. The van der Waals surface area contributed by atoms with Crippen LogP contribution < -0.4 is 5.73 Å². The van der Waals surface area contributed by atoms with Crippen LogP contribution in [0.25, 0.3) is 11.1 Å². The van der Waals surface area contributed by atoms with Crippen molar-refractivity contribution in [2.75, 3.05) is 7.11 Å². The normalized spacial score (nSPS) is 11.5. The summed E-state index contributed by atoms with van der Waals surface area (Å²) in [4.78, 5) is 24.2. The average Bonchev–Trinajstić information content (AvgIpc) is 2.95. The van der Waals surface area contributed by atoms with Gasteiger partial charge in [0.15, 0.2) is 0 Å². The van der Waals surface area contributed by atoms with Gasteiger partial charge in [-0.2, -0.15) is 0 Å². The molecule has 0 bridgehead atoms. The summed E-state index contributed by atoms with van der Waals surface area (Å²) in [6, 6.07) is 8.30. The van der Waals surface area contributed by atoms with E-state index in [1.54, 1.807) is 0 Å². The number of esters is 1. The third-order valence-corrected chi connectivity index (χ3v) is 5.45. The molecule has 0 saturated heterocycles. The van der Waals surface area contributed by atoms with Gasteiger partial charge in [-0.05, 0) is 36.3 Å². The van der Waals surface area contributed by atoms with Crippen LogP contribution in [-0.4, -0.2) is 23.6 Å². The summed E-state index contributed by atoms with van der Waals surface area (Å²) in [6.45, 7) is 11.4. The van der Waals surface area contributed by atoms with Gasteiger partial charge in [0, 0.05) is 23.5 Å². The third-order valence-electron chi connectivity index (χ3n) is 5.45. The molecule has 0 radical (unpaired) electrons. The number of nitrogens with zero attached hydrogens (tertiary/aromatic N) is 1. The molecule has 1 heterocycles.